The molecule has 0 aromatic heterocycles. The fraction of sp³-hybridized carbons (Fsp3) is 0.348. The number of benzene rings is 2. The molecule has 1 amide bonds. The van der Waals surface area contributed by atoms with Gasteiger partial charge in [0.25, 0.3) is 5.91 Å². The van der Waals surface area contributed by atoms with Crippen LogP contribution < -0.4 is 10.3 Å². The van der Waals surface area contributed by atoms with Gasteiger partial charge in [-0.15, -0.1) is 5.11 Å². The van der Waals surface area contributed by atoms with E-state index >= 15 is 0 Å². The smallest absolute Gasteiger partial charge is 0.328 e. The van der Waals surface area contributed by atoms with Gasteiger partial charge in [-0.25, -0.2) is 9.80 Å². The highest BCUT2D eigenvalue weighted by molar-refractivity contribution is 5.97. The molecule has 32 heavy (non-hydrogen) atoms. The molecule has 1 atom stereocenters. The summed E-state index contributed by atoms with van der Waals surface area (Å²) in [5.74, 6) is -1.50. The molecule has 2 aromatic rings. The third kappa shape index (κ3) is 7.82. The molecule has 0 aliphatic carbocycles. The minimum absolute atomic E-state index is 0.00808. The topological polar surface area (TPSA) is 110 Å². The number of esters is 2. The highest BCUT2D eigenvalue weighted by Gasteiger charge is 2.24. The van der Waals surface area contributed by atoms with E-state index < -0.39 is 23.9 Å². The highest BCUT2D eigenvalue weighted by Crippen LogP contribution is 2.17. The van der Waals surface area contributed by atoms with Crippen LogP contribution in [0.4, 0.5) is 11.4 Å². The van der Waals surface area contributed by atoms with Crippen molar-refractivity contribution in [2.45, 2.75) is 32.7 Å². The highest BCUT2D eigenvalue weighted by atomic mass is 16.5. The van der Waals surface area contributed by atoms with Crippen LogP contribution in [0, 0.1) is 0 Å². The van der Waals surface area contributed by atoms with Crippen LogP contribution in [0.15, 0.2) is 64.9 Å². The van der Waals surface area contributed by atoms with E-state index in [1.54, 1.807) is 50.2 Å². The molecular weight excluding hydrogens is 412 g/mol. The number of carbonyl (C=O) groups is 3. The van der Waals surface area contributed by atoms with Crippen molar-refractivity contribution in [3.05, 3.63) is 60.2 Å². The first-order valence-corrected chi connectivity index (χ1v) is 10.4. The minimum Gasteiger partial charge on any atom is -0.466 e. The van der Waals surface area contributed by atoms with Crippen LogP contribution in [0.25, 0.3) is 0 Å². The summed E-state index contributed by atoms with van der Waals surface area (Å²) in [5.41, 5.74) is 1.79. The third-order valence-electron chi connectivity index (χ3n) is 4.37. The molecule has 1 N–H and O–H groups in total. The lowest BCUT2D eigenvalue weighted by atomic mass is 10.1. The van der Waals surface area contributed by atoms with E-state index in [0.717, 1.165) is 5.69 Å². The number of anilines is 1. The molecule has 0 heterocycles. The van der Waals surface area contributed by atoms with Crippen molar-refractivity contribution < 1.29 is 23.9 Å². The van der Waals surface area contributed by atoms with Gasteiger partial charge in [0.1, 0.15) is 6.04 Å². The fourth-order valence-corrected chi connectivity index (χ4v) is 2.72. The van der Waals surface area contributed by atoms with Crippen molar-refractivity contribution in [1.29, 1.82) is 0 Å². The van der Waals surface area contributed by atoms with Crippen molar-refractivity contribution in [2.75, 3.05) is 25.3 Å². The Hall–Kier alpha value is -3.75. The normalized spacial score (nSPS) is 11.6. The summed E-state index contributed by atoms with van der Waals surface area (Å²) >= 11 is 0. The van der Waals surface area contributed by atoms with Crippen molar-refractivity contribution >= 4 is 29.2 Å². The SMILES string of the molecule is CCOC(=O)CCC(NC(=O)c1ccc(N=NN(C)c2ccccc2)cc1)C(=O)OCC. The molecule has 0 fully saturated rings. The van der Waals surface area contributed by atoms with Gasteiger partial charge < -0.3 is 14.8 Å². The number of ether oxygens (including phenoxy) is 2. The van der Waals surface area contributed by atoms with Gasteiger partial charge in [-0.1, -0.05) is 23.4 Å². The predicted octanol–water partition coefficient (Wildman–Crippen LogP) is 3.83. The van der Waals surface area contributed by atoms with Crippen LogP contribution in [0.5, 0.6) is 0 Å². The maximum atomic E-state index is 12.6. The molecule has 2 aromatic carbocycles. The van der Waals surface area contributed by atoms with Crippen LogP contribution >= 0.6 is 0 Å². The first-order chi connectivity index (χ1) is 15.4. The number of nitrogens with one attached hydrogen (secondary N) is 1. The van der Waals surface area contributed by atoms with Gasteiger partial charge in [0.05, 0.1) is 24.6 Å². The van der Waals surface area contributed by atoms with Crippen LogP contribution in [0.1, 0.15) is 37.0 Å². The summed E-state index contributed by atoms with van der Waals surface area (Å²) < 4.78 is 9.88. The monoisotopic (exact) mass is 440 g/mol. The molecule has 9 heteroatoms. The van der Waals surface area contributed by atoms with Crippen LogP contribution in [-0.2, 0) is 19.1 Å². The Morgan fingerprint density at radius 1 is 0.969 bits per heavy atom. The van der Waals surface area contributed by atoms with E-state index in [2.05, 4.69) is 15.7 Å². The Bertz CT molecular complexity index is 916. The summed E-state index contributed by atoms with van der Waals surface area (Å²) in [6.45, 7) is 3.79. The fourth-order valence-electron chi connectivity index (χ4n) is 2.72. The van der Waals surface area contributed by atoms with E-state index in [0.29, 0.717) is 11.3 Å². The third-order valence-corrected chi connectivity index (χ3v) is 4.37. The molecule has 0 bridgehead atoms. The summed E-state index contributed by atoms with van der Waals surface area (Å²) in [5, 5.41) is 12.6. The lowest BCUT2D eigenvalue weighted by molar-refractivity contribution is -0.146. The Kier molecular flexibility index (Phi) is 9.83. The van der Waals surface area contributed by atoms with E-state index in [9.17, 15) is 14.4 Å². The number of hydrogen-bond acceptors (Lipinski definition) is 7. The predicted molar refractivity (Wildman–Crippen MR) is 120 cm³/mol. The lowest BCUT2D eigenvalue weighted by Crippen LogP contribution is -2.42. The molecule has 1 unspecified atom stereocenters. The average Bonchev–Trinajstić information content (AvgIpc) is 2.81. The number of rotatable bonds is 11. The average molecular weight is 441 g/mol. The summed E-state index contributed by atoms with van der Waals surface area (Å²) in [6.07, 6.45) is 0.0768. The van der Waals surface area contributed by atoms with E-state index in [4.69, 9.17) is 9.47 Å². The summed E-state index contributed by atoms with van der Waals surface area (Å²) in [7, 11) is 1.78. The molecular formula is C23H28N4O5. The number of nitrogens with zero attached hydrogens (tertiary/aromatic N) is 3. The van der Waals surface area contributed by atoms with Gasteiger partial charge in [-0.05, 0) is 56.7 Å². The molecule has 0 spiro atoms. The summed E-state index contributed by atoms with van der Waals surface area (Å²) in [6, 6.07) is 15.1. The zero-order valence-corrected chi connectivity index (χ0v) is 18.5. The number of para-hydroxylation sites is 1. The minimum atomic E-state index is -0.953. The van der Waals surface area contributed by atoms with Crippen molar-refractivity contribution in [3.8, 4) is 0 Å². The molecule has 2 rings (SSSR count). The van der Waals surface area contributed by atoms with Crippen LogP contribution in [0.3, 0.4) is 0 Å². The first kappa shape index (κ1) is 24.5. The zero-order chi connectivity index (χ0) is 23.3. The maximum Gasteiger partial charge on any atom is 0.328 e. The molecule has 0 aliphatic heterocycles. The van der Waals surface area contributed by atoms with Crippen molar-refractivity contribution in [2.24, 2.45) is 10.3 Å². The van der Waals surface area contributed by atoms with E-state index in [-0.39, 0.29) is 26.1 Å². The summed E-state index contributed by atoms with van der Waals surface area (Å²) in [4.78, 5) is 36.4. The largest absolute Gasteiger partial charge is 0.466 e. The van der Waals surface area contributed by atoms with Crippen molar-refractivity contribution in [3.63, 3.8) is 0 Å². The molecule has 0 saturated heterocycles. The molecule has 0 radical (unpaired) electrons. The lowest BCUT2D eigenvalue weighted by Gasteiger charge is -2.17. The second-order valence-corrected chi connectivity index (χ2v) is 6.72. The molecule has 170 valence electrons. The van der Waals surface area contributed by atoms with E-state index in [1.165, 1.54) is 0 Å². The Morgan fingerprint density at radius 2 is 1.62 bits per heavy atom. The Morgan fingerprint density at radius 3 is 2.25 bits per heavy atom. The van der Waals surface area contributed by atoms with Crippen LogP contribution in [-0.4, -0.2) is 44.1 Å². The number of hydrogen-bond donors (Lipinski definition) is 1. The van der Waals surface area contributed by atoms with Gasteiger partial charge in [0, 0.05) is 19.0 Å². The number of amides is 1. The Labute approximate surface area is 187 Å². The first-order valence-electron chi connectivity index (χ1n) is 10.4. The van der Waals surface area contributed by atoms with Gasteiger partial charge >= 0.3 is 11.9 Å². The Balaban J connectivity index is 2.00. The maximum absolute atomic E-state index is 12.6. The quantitative estimate of drug-likeness (QED) is 0.323. The zero-order valence-electron chi connectivity index (χ0n) is 18.5. The van der Waals surface area contributed by atoms with Crippen molar-refractivity contribution in [1.82, 2.24) is 5.32 Å². The van der Waals surface area contributed by atoms with E-state index in [1.807, 2.05) is 30.3 Å². The molecule has 0 aliphatic rings. The van der Waals surface area contributed by atoms with Gasteiger partial charge in [-0.2, -0.15) is 0 Å². The van der Waals surface area contributed by atoms with Gasteiger partial charge in [-0.3, -0.25) is 9.59 Å². The molecule has 0 saturated carbocycles. The number of carbonyl (C=O) groups excluding carboxylic acids is 3. The standard InChI is InChI=1S/C23H28N4O5/c1-4-31-21(28)16-15-20(23(30)32-5-2)24-22(29)17-11-13-18(14-12-17)25-26-27(3)19-9-7-6-8-10-19/h6-14,20H,4-5,15-16H2,1-3H3,(H,24,29). The van der Waals surface area contributed by atoms with Gasteiger partial charge in [0.15, 0.2) is 0 Å². The van der Waals surface area contributed by atoms with Gasteiger partial charge in [0.2, 0.25) is 0 Å². The second-order valence-electron chi connectivity index (χ2n) is 6.72. The molecule has 9 nitrogen and oxygen atoms in total. The second kappa shape index (κ2) is 12.8. The van der Waals surface area contributed by atoms with Crippen LogP contribution in [0.2, 0.25) is 0 Å².